The first-order chi connectivity index (χ1) is 13.1. The molecule has 4 rings (SSSR count). The monoisotopic (exact) mass is 489 g/mol. The largest absolute Gasteiger partial charge is 0.494 e. The Morgan fingerprint density at radius 1 is 1.15 bits per heavy atom. The van der Waals surface area contributed by atoms with Crippen molar-refractivity contribution in [3.05, 3.63) is 72.6 Å². The van der Waals surface area contributed by atoms with Gasteiger partial charge in [-0.25, -0.2) is 0 Å². The molecule has 0 amide bonds. The van der Waals surface area contributed by atoms with Gasteiger partial charge in [0, 0.05) is 9.13 Å². The van der Waals surface area contributed by atoms with Crippen molar-refractivity contribution in [1.82, 2.24) is 14.6 Å². The van der Waals surface area contributed by atoms with Crippen LogP contribution in [0.15, 0.2) is 53.3 Å². The van der Waals surface area contributed by atoms with Crippen LogP contribution < -0.4 is 14.8 Å². The van der Waals surface area contributed by atoms with E-state index in [9.17, 15) is 4.79 Å². The lowest BCUT2D eigenvalue weighted by atomic mass is 10.2. The van der Waals surface area contributed by atoms with Crippen LogP contribution in [0.5, 0.6) is 5.75 Å². The van der Waals surface area contributed by atoms with Crippen LogP contribution in [0.4, 0.5) is 0 Å². The third kappa shape index (κ3) is 3.89. The normalized spacial score (nSPS) is 12.0. The number of rotatable bonds is 5. The summed E-state index contributed by atoms with van der Waals surface area (Å²) in [4.78, 5) is 17.8. The Hall–Kier alpha value is -2.26. The lowest BCUT2D eigenvalue weighted by molar-refractivity contribution is 0.317. The minimum absolute atomic E-state index is 0.143. The maximum absolute atomic E-state index is 12.6. The first-order valence-corrected chi connectivity index (χ1v) is 10.4. The predicted octanol–water partition coefficient (Wildman–Crippen LogP) is 3.76. The molecule has 5 nitrogen and oxygen atoms in total. The van der Waals surface area contributed by atoms with Gasteiger partial charge in [0.05, 0.1) is 11.1 Å². The van der Waals surface area contributed by atoms with Gasteiger partial charge in [0.15, 0.2) is 5.82 Å². The van der Waals surface area contributed by atoms with Crippen molar-refractivity contribution in [1.29, 1.82) is 0 Å². The quantitative estimate of drug-likeness (QED) is 0.401. The second kappa shape index (κ2) is 7.77. The summed E-state index contributed by atoms with van der Waals surface area (Å²) in [5.41, 5.74) is 1.70. The molecule has 2 heterocycles. The van der Waals surface area contributed by atoms with E-state index in [2.05, 4.69) is 39.6 Å². The summed E-state index contributed by atoms with van der Waals surface area (Å²) in [5, 5.41) is 4.39. The Balaban J connectivity index is 1.66. The Morgan fingerprint density at radius 2 is 1.89 bits per heavy atom. The molecule has 0 atom stereocenters. The Kier molecular flexibility index (Phi) is 5.22. The van der Waals surface area contributed by atoms with E-state index in [1.807, 2.05) is 54.6 Å². The van der Waals surface area contributed by atoms with E-state index in [4.69, 9.17) is 4.74 Å². The number of thiazole rings is 1. The molecule has 2 aromatic carbocycles. The summed E-state index contributed by atoms with van der Waals surface area (Å²) in [5.74, 6) is 1.36. The molecule has 0 unspecified atom stereocenters. The van der Waals surface area contributed by atoms with Crippen molar-refractivity contribution < 1.29 is 4.74 Å². The molecule has 0 saturated carbocycles. The summed E-state index contributed by atoms with van der Waals surface area (Å²) in [6.07, 6.45) is 2.84. The zero-order valence-electron chi connectivity index (χ0n) is 14.6. The fraction of sp³-hybridized carbons (Fsp3) is 0.150. The van der Waals surface area contributed by atoms with Crippen molar-refractivity contribution in [2.75, 3.05) is 6.61 Å². The van der Waals surface area contributed by atoms with E-state index in [-0.39, 0.29) is 5.56 Å². The number of nitrogens with zero attached hydrogens (tertiary/aromatic N) is 3. The van der Waals surface area contributed by atoms with Crippen molar-refractivity contribution >= 4 is 45.0 Å². The molecule has 0 aliphatic carbocycles. The minimum atomic E-state index is -0.143. The van der Waals surface area contributed by atoms with E-state index >= 15 is 0 Å². The second-order valence-electron chi connectivity index (χ2n) is 5.97. The number of hydrogen-bond acceptors (Lipinski definition) is 5. The number of fused-ring (bicyclic) bond motifs is 1. The third-order valence-corrected chi connectivity index (χ3v) is 5.61. The number of halogens is 1. The molecule has 0 bridgehead atoms. The van der Waals surface area contributed by atoms with Gasteiger partial charge in [0.2, 0.25) is 4.96 Å². The fourth-order valence-electron chi connectivity index (χ4n) is 2.59. The van der Waals surface area contributed by atoms with Crippen molar-refractivity contribution in [2.45, 2.75) is 13.3 Å². The molecule has 0 aliphatic rings. The van der Waals surface area contributed by atoms with Crippen LogP contribution in [0.3, 0.4) is 0 Å². The molecule has 0 spiro atoms. The van der Waals surface area contributed by atoms with Crippen LogP contribution in [0, 0.1) is 3.57 Å². The van der Waals surface area contributed by atoms with Crippen LogP contribution in [0.1, 0.15) is 18.9 Å². The molecule has 136 valence electrons. The lowest BCUT2D eigenvalue weighted by Crippen LogP contribution is -2.23. The van der Waals surface area contributed by atoms with Gasteiger partial charge in [-0.1, -0.05) is 30.4 Å². The summed E-state index contributed by atoms with van der Waals surface area (Å²) in [6, 6.07) is 15.6. The van der Waals surface area contributed by atoms with Crippen molar-refractivity contribution in [3.63, 3.8) is 0 Å². The molecule has 27 heavy (non-hydrogen) atoms. The van der Waals surface area contributed by atoms with Crippen LogP contribution in [0.25, 0.3) is 22.4 Å². The molecular weight excluding hydrogens is 473 g/mol. The number of benzene rings is 2. The predicted molar refractivity (Wildman–Crippen MR) is 116 cm³/mol. The number of ether oxygens (including phenoxy) is 1. The molecule has 4 aromatic rings. The van der Waals surface area contributed by atoms with Gasteiger partial charge in [-0.05, 0) is 77.0 Å². The molecular formula is C20H16IN3O2S. The van der Waals surface area contributed by atoms with Gasteiger partial charge in [0.1, 0.15) is 5.75 Å². The summed E-state index contributed by atoms with van der Waals surface area (Å²) in [7, 11) is 0. The summed E-state index contributed by atoms with van der Waals surface area (Å²) >= 11 is 3.60. The molecule has 7 heteroatoms. The maximum atomic E-state index is 12.6. The molecule has 0 N–H and O–H groups in total. The van der Waals surface area contributed by atoms with Gasteiger partial charge < -0.3 is 4.74 Å². The van der Waals surface area contributed by atoms with Crippen molar-refractivity contribution in [2.24, 2.45) is 0 Å². The van der Waals surface area contributed by atoms with Gasteiger partial charge in [-0.15, -0.1) is 5.10 Å². The topological polar surface area (TPSA) is 56.5 Å². The minimum Gasteiger partial charge on any atom is -0.494 e. The first kappa shape index (κ1) is 18.1. The molecule has 0 saturated heterocycles. The van der Waals surface area contributed by atoms with Gasteiger partial charge in [0.25, 0.3) is 5.56 Å². The van der Waals surface area contributed by atoms with Gasteiger partial charge >= 0.3 is 0 Å². The van der Waals surface area contributed by atoms with E-state index < -0.39 is 0 Å². The standard InChI is InChI=1S/C20H16IN3O2S/c1-2-11-26-16-9-5-14(6-10-16)18-22-20-24(23-18)19(25)17(27-20)12-13-3-7-15(21)8-4-13/h3-10,12H,2,11H2,1H3/b17-12-. The van der Waals surface area contributed by atoms with Crippen LogP contribution >= 0.6 is 33.9 Å². The second-order valence-corrected chi connectivity index (χ2v) is 8.22. The zero-order valence-corrected chi connectivity index (χ0v) is 17.5. The van der Waals surface area contributed by atoms with Crippen LogP contribution in [0.2, 0.25) is 0 Å². The maximum Gasteiger partial charge on any atom is 0.291 e. The van der Waals surface area contributed by atoms with E-state index in [0.717, 1.165) is 26.9 Å². The fourth-order valence-corrected chi connectivity index (χ4v) is 3.85. The van der Waals surface area contributed by atoms with Gasteiger partial charge in [-0.2, -0.15) is 9.50 Å². The van der Waals surface area contributed by atoms with Crippen LogP contribution in [-0.4, -0.2) is 21.2 Å². The third-order valence-electron chi connectivity index (χ3n) is 3.93. The Morgan fingerprint density at radius 3 is 2.56 bits per heavy atom. The molecule has 0 fully saturated rings. The van der Waals surface area contributed by atoms with E-state index in [1.54, 1.807) is 0 Å². The van der Waals surface area contributed by atoms with Crippen LogP contribution in [-0.2, 0) is 0 Å². The SMILES string of the molecule is CCCOc1ccc(-c2nc3s/c(=C\c4ccc(I)cc4)c(=O)n3n2)cc1. The zero-order chi connectivity index (χ0) is 18.8. The van der Waals surface area contributed by atoms with Crippen molar-refractivity contribution in [3.8, 4) is 17.1 Å². The van der Waals surface area contributed by atoms with E-state index in [1.165, 1.54) is 15.9 Å². The van der Waals surface area contributed by atoms with E-state index in [0.29, 0.717) is 21.9 Å². The summed E-state index contributed by atoms with van der Waals surface area (Å²) in [6.45, 7) is 2.76. The first-order valence-electron chi connectivity index (χ1n) is 8.54. The molecule has 0 radical (unpaired) electrons. The lowest BCUT2D eigenvalue weighted by Gasteiger charge is -2.04. The Labute approximate surface area is 173 Å². The highest BCUT2D eigenvalue weighted by Gasteiger charge is 2.12. The highest BCUT2D eigenvalue weighted by atomic mass is 127. The smallest absolute Gasteiger partial charge is 0.291 e. The number of aromatic nitrogens is 3. The highest BCUT2D eigenvalue weighted by molar-refractivity contribution is 14.1. The summed E-state index contributed by atoms with van der Waals surface area (Å²) < 4.78 is 8.75. The highest BCUT2D eigenvalue weighted by Crippen LogP contribution is 2.20. The molecule has 0 aliphatic heterocycles. The average molecular weight is 489 g/mol. The molecule has 2 aromatic heterocycles. The number of hydrogen-bond donors (Lipinski definition) is 0. The Bertz CT molecular complexity index is 1180. The van der Waals surface area contributed by atoms with Gasteiger partial charge in [-0.3, -0.25) is 4.79 Å². The average Bonchev–Trinajstić information content (AvgIpc) is 3.22.